The van der Waals surface area contributed by atoms with Gasteiger partial charge in [0, 0.05) is 6.54 Å². The molecule has 0 aromatic carbocycles. The summed E-state index contributed by atoms with van der Waals surface area (Å²) in [5, 5.41) is 6.27. The van der Waals surface area contributed by atoms with Crippen LogP contribution in [0.4, 0.5) is 0 Å². The van der Waals surface area contributed by atoms with Gasteiger partial charge in [0.25, 0.3) is 5.91 Å². The fourth-order valence-electron chi connectivity index (χ4n) is 3.31. The Morgan fingerprint density at radius 3 is 2.50 bits per heavy atom. The second kappa shape index (κ2) is 4.90. The SMILES string of the molecule is CC(C)CN=C1NC(=O)C2(CC(C)CC(C)C2)N1. The summed E-state index contributed by atoms with van der Waals surface area (Å²) < 4.78 is 0. The van der Waals surface area contributed by atoms with Gasteiger partial charge >= 0.3 is 0 Å². The molecule has 2 rings (SSSR count). The first-order chi connectivity index (χ1) is 8.41. The van der Waals surface area contributed by atoms with Crippen molar-refractivity contribution in [2.24, 2.45) is 22.7 Å². The molecule has 0 aromatic heterocycles. The van der Waals surface area contributed by atoms with Crippen LogP contribution >= 0.6 is 0 Å². The molecule has 2 N–H and O–H groups in total. The fourth-order valence-corrected chi connectivity index (χ4v) is 3.31. The summed E-state index contributed by atoms with van der Waals surface area (Å²) in [4.78, 5) is 16.7. The molecular weight excluding hydrogens is 226 g/mol. The normalized spacial score (nSPS) is 38.3. The molecule has 1 aliphatic carbocycles. The van der Waals surface area contributed by atoms with Gasteiger partial charge in [-0.05, 0) is 37.0 Å². The highest BCUT2D eigenvalue weighted by atomic mass is 16.2. The van der Waals surface area contributed by atoms with E-state index in [2.05, 4.69) is 43.3 Å². The second-order valence-corrected chi connectivity index (χ2v) is 6.60. The number of carbonyl (C=O) groups excluding carboxylic acids is 1. The van der Waals surface area contributed by atoms with E-state index in [1.165, 1.54) is 6.42 Å². The molecule has 18 heavy (non-hydrogen) atoms. The number of nitrogens with zero attached hydrogens (tertiary/aromatic N) is 1. The number of guanidine groups is 1. The number of nitrogens with one attached hydrogen (secondary N) is 2. The van der Waals surface area contributed by atoms with Gasteiger partial charge in [0.15, 0.2) is 5.96 Å². The summed E-state index contributed by atoms with van der Waals surface area (Å²) in [6, 6.07) is 0. The molecule has 2 fully saturated rings. The van der Waals surface area contributed by atoms with Crippen molar-refractivity contribution in [2.45, 2.75) is 52.5 Å². The Labute approximate surface area is 110 Å². The second-order valence-electron chi connectivity index (χ2n) is 6.60. The predicted molar refractivity (Wildman–Crippen MR) is 73.3 cm³/mol. The quantitative estimate of drug-likeness (QED) is 0.787. The van der Waals surface area contributed by atoms with Crippen molar-refractivity contribution >= 4 is 11.9 Å². The van der Waals surface area contributed by atoms with E-state index in [0.29, 0.717) is 23.7 Å². The van der Waals surface area contributed by atoms with Crippen LogP contribution in [0.3, 0.4) is 0 Å². The molecule has 102 valence electrons. The molecular formula is C14H25N3O. The van der Waals surface area contributed by atoms with Crippen molar-refractivity contribution in [1.29, 1.82) is 0 Å². The largest absolute Gasteiger partial charge is 0.342 e. The molecule has 2 unspecified atom stereocenters. The average Bonchev–Trinajstić information content (AvgIpc) is 2.51. The van der Waals surface area contributed by atoms with Crippen LogP contribution in [-0.2, 0) is 4.79 Å². The first-order valence-electron chi connectivity index (χ1n) is 7.05. The molecule has 0 radical (unpaired) electrons. The van der Waals surface area contributed by atoms with Gasteiger partial charge in [-0.3, -0.25) is 15.1 Å². The van der Waals surface area contributed by atoms with Crippen molar-refractivity contribution in [3.05, 3.63) is 0 Å². The van der Waals surface area contributed by atoms with Gasteiger partial charge in [0.2, 0.25) is 0 Å². The molecule has 2 aliphatic rings. The average molecular weight is 251 g/mol. The summed E-state index contributed by atoms with van der Waals surface area (Å²) in [5.41, 5.74) is -0.396. The van der Waals surface area contributed by atoms with Crippen molar-refractivity contribution in [2.75, 3.05) is 6.54 Å². The van der Waals surface area contributed by atoms with E-state index in [0.717, 1.165) is 19.4 Å². The molecule has 4 nitrogen and oxygen atoms in total. The molecule has 0 bridgehead atoms. The Hall–Kier alpha value is -1.06. The minimum Gasteiger partial charge on any atom is -0.342 e. The molecule has 1 saturated heterocycles. The van der Waals surface area contributed by atoms with E-state index < -0.39 is 5.54 Å². The smallest absolute Gasteiger partial charge is 0.252 e. The number of hydrogen-bond donors (Lipinski definition) is 2. The molecule has 4 heteroatoms. The van der Waals surface area contributed by atoms with E-state index in [1.807, 2.05) is 0 Å². The van der Waals surface area contributed by atoms with Gasteiger partial charge in [-0.2, -0.15) is 0 Å². The Morgan fingerprint density at radius 2 is 1.94 bits per heavy atom. The third kappa shape index (κ3) is 2.68. The van der Waals surface area contributed by atoms with Crippen LogP contribution in [0, 0.1) is 17.8 Å². The zero-order valence-corrected chi connectivity index (χ0v) is 11.9. The predicted octanol–water partition coefficient (Wildman–Crippen LogP) is 1.91. The molecule has 0 aromatic rings. The first kappa shape index (κ1) is 13.4. The van der Waals surface area contributed by atoms with Gasteiger partial charge in [0.1, 0.15) is 5.54 Å². The van der Waals surface area contributed by atoms with E-state index in [-0.39, 0.29) is 5.91 Å². The fraction of sp³-hybridized carbons (Fsp3) is 0.857. The lowest BCUT2D eigenvalue weighted by Gasteiger charge is -2.37. The lowest BCUT2D eigenvalue weighted by molar-refractivity contribution is -0.126. The van der Waals surface area contributed by atoms with Gasteiger partial charge in [-0.15, -0.1) is 0 Å². The number of aliphatic imine (C=N–C) groups is 1. The van der Waals surface area contributed by atoms with Crippen LogP contribution in [-0.4, -0.2) is 24.0 Å². The molecule has 1 saturated carbocycles. The monoisotopic (exact) mass is 251 g/mol. The Kier molecular flexibility index (Phi) is 3.64. The van der Waals surface area contributed by atoms with E-state index in [1.54, 1.807) is 0 Å². The third-order valence-corrected chi connectivity index (χ3v) is 3.84. The van der Waals surface area contributed by atoms with Gasteiger partial charge in [0.05, 0.1) is 0 Å². The van der Waals surface area contributed by atoms with Crippen LogP contribution in [0.2, 0.25) is 0 Å². The Morgan fingerprint density at radius 1 is 1.33 bits per heavy atom. The van der Waals surface area contributed by atoms with E-state index in [9.17, 15) is 4.79 Å². The summed E-state index contributed by atoms with van der Waals surface area (Å²) in [6.07, 6.45) is 3.06. The van der Waals surface area contributed by atoms with Crippen molar-refractivity contribution < 1.29 is 4.79 Å². The van der Waals surface area contributed by atoms with E-state index >= 15 is 0 Å². The zero-order valence-electron chi connectivity index (χ0n) is 11.9. The maximum atomic E-state index is 12.2. The Balaban J connectivity index is 2.10. The summed E-state index contributed by atoms with van der Waals surface area (Å²) in [5.74, 6) is 2.49. The van der Waals surface area contributed by atoms with Crippen molar-refractivity contribution in [1.82, 2.24) is 10.6 Å². The van der Waals surface area contributed by atoms with Crippen LogP contribution in [0.5, 0.6) is 0 Å². The number of rotatable bonds is 2. The zero-order chi connectivity index (χ0) is 13.3. The van der Waals surface area contributed by atoms with Gasteiger partial charge in [-0.25, -0.2) is 0 Å². The minimum atomic E-state index is -0.396. The highest BCUT2D eigenvalue weighted by Gasteiger charge is 2.48. The van der Waals surface area contributed by atoms with Crippen molar-refractivity contribution in [3.8, 4) is 0 Å². The number of carbonyl (C=O) groups is 1. The van der Waals surface area contributed by atoms with Gasteiger partial charge in [-0.1, -0.05) is 27.7 Å². The maximum Gasteiger partial charge on any atom is 0.252 e. The lowest BCUT2D eigenvalue weighted by atomic mass is 9.72. The van der Waals surface area contributed by atoms with Crippen LogP contribution in [0.15, 0.2) is 4.99 Å². The molecule has 1 heterocycles. The molecule has 1 spiro atoms. The standard InChI is InChI=1S/C14H25N3O/c1-9(2)8-15-13-16-12(18)14(17-13)6-10(3)5-11(4)7-14/h9-11H,5-8H2,1-4H3,(H2,15,16,17,18). The summed E-state index contributed by atoms with van der Waals surface area (Å²) in [6.45, 7) is 9.47. The van der Waals surface area contributed by atoms with Crippen LogP contribution < -0.4 is 10.6 Å². The number of amides is 1. The number of hydrogen-bond acceptors (Lipinski definition) is 2. The summed E-state index contributed by atoms with van der Waals surface area (Å²) >= 11 is 0. The third-order valence-electron chi connectivity index (χ3n) is 3.84. The van der Waals surface area contributed by atoms with Crippen molar-refractivity contribution in [3.63, 3.8) is 0 Å². The van der Waals surface area contributed by atoms with Gasteiger partial charge < -0.3 is 5.32 Å². The highest BCUT2D eigenvalue weighted by Crippen LogP contribution is 2.37. The maximum absolute atomic E-state index is 12.2. The van der Waals surface area contributed by atoms with E-state index in [4.69, 9.17) is 0 Å². The lowest BCUT2D eigenvalue weighted by Crippen LogP contribution is -2.51. The topological polar surface area (TPSA) is 53.5 Å². The molecule has 1 aliphatic heterocycles. The first-order valence-corrected chi connectivity index (χ1v) is 7.05. The summed E-state index contributed by atoms with van der Waals surface area (Å²) in [7, 11) is 0. The highest BCUT2D eigenvalue weighted by molar-refractivity contribution is 6.09. The Bertz CT molecular complexity index is 352. The van der Waals surface area contributed by atoms with Crippen LogP contribution in [0.1, 0.15) is 47.0 Å². The molecule has 2 atom stereocenters. The minimum absolute atomic E-state index is 0.114. The molecule has 1 amide bonds. The van der Waals surface area contributed by atoms with Crippen LogP contribution in [0.25, 0.3) is 0 Å².